The van der Waals surface area contributed by atoms with Crippen LogP contribution in [-0.2, 0) is 4.79 Å². The number of carbonyl (C=O) groups is 1. The number of para-hydroxylation sites is 1. The molecule has 0 aliphatic heterocycles. The summed E-state index contributed by atoms with van der Waals surface area (Å²) in [5.41, 5.74) is 9.46. The molecule has 3 N–H and O–H groups in total. The summed E-state index contributed by atoms with van der Waals surface area (Å²) in [7, 11) is 0. The van der Waals surface area contributed by atoms with Crippen molar-refractivity contribution >= 4 is 28.9 Å². The summed E-state index contributed by atoms with van der Waals surface area (Å²) in [6.45, 7) is 2.24. The Labute approximate surface area is 150 Å². The third-order valence-corrected chi connectivity index (χ3v) is 5.07. The van der Waals surface area contributed by atoms with Crippen LogP contribution in [0.4, 0.5) is 5.69 Å². The summed E-state index contributed by atoms with van der Waals surface area (Å²) < 4.78 is 0. The van der Waals surface area contributed by atoms with Crippen LogP contribution < -0.4 is 16.2 Å². The third-order valence-electron chi connectivity index (χ3n) is 4.89. The van der Waals surface area contributed by atoms with Gasteiger partial charge in [0.1, 0.15) is 0 Å². The van der Waals surface area contributed by atoms with Crippen LogP contribution >= 0.6 is 12.2 Å². The van der Waals surface area contributed by atoms with E-state index < -0.39 is 0 Å². The highest BCUT2D eigenvalue weighted by Gasteiger charge is 2.27. The van der Waals surface area contributed by atoms with E-state index in [0.29, 0.717) is 0 Å². The minimum Gasteiger partial charge on any atom is -0.374 e. The second kappa shape index (κ2) is 9.62. The highest BCUT2D eigenvalue weighted by molar-refractivity contribution is 7.80. The molecule has 24 heavy (non-hydrogen) atoms. The number of nitrogens with one attached hydrogen (secondary N) is 1. The summed E-state index contributed by atoms with van der Waals surface area (Å²) in [5, 5.41) is 1.66. The van der Waals surface area contributed by atoms with Crippen LogP contribution in [0, 0.1) is 11.8 Å². The molecule has 0 radical (unpaired) electrons. The zero-order valence-electron chi connectivity index (χ0n) is 14.5. The number of unbranched alkanes of at least 4 members (excludes halogenated alkanes) is 2. The number of nitrogens with zero attached hydrogens (tertiary/aromatic N) is 1. The molecule has 1 fully saturated rings. The van der Waals surface area contributed by atoms with Crippen molar-refractivity contribution in [3.63, 3.8) is 0 Å². The lowest BCUT2D eigenvalue weighted by atomic mass is 9.79. The smallest absolute Gasteiger partial charge is 0.241 e. The second-order valence-corrected chi connectivity index (χ2v) is 7.12. The molecule has 0 atom stereocenters. The number of carbonyl (C=O) groups excluding carboxylic acids is 1. The normalized spacial score (nSPS) is 20.4. The van der Waals surface area contributed by atoms with Gasteiger partial charge >= 0.3 is 0 Å². The monoisotopic (exact) mass is 347 g/mol. The van der Waals surface area contributed by atoms with Gasteiger partial charge in [-0.2, -0.15) is 0 Å². The maximum atomic E-state index is 12.6. The molecule has 1 saturated carbocycles. The summed E-state index contributed by atoms with van der Waals surface area (Å²) >= 11 is 5.09. The molecule has 0 unspecified atom stereocenters. The number of hydrogen-bond acceptors (Lipinski definition) is 2. The van der Waals surface area contributed by atoms with E-state index in [2.05, 4.69) is 12.3 Å². The lowest BCUT2D eigenvalue weighted by molar-refractivity contribution is -0.126. The van der Waals surface area contributed by atoms with E-state index in [4.69, 9.17) is 18.0 Å². The molecule has 0 saturated heterocycles. The van der Waals surface area contributed by atoms with E-state index >= 15 is 0 Å². The van der Waals surface area contributed by atoms with Crippen molar-refractivity contribution in [3.8, 4) is 0 Å². The Hall–Kier alpha value is -1.62. The van der Waals surface area contributed by atoms with E-state index in [1.807, 2.05) is 30.3 Å². The van der Waals surface area contributed by atoms with Gasteiger partial charge < -0.3 is 5.73 Å². The van der Waals surface area contributed by atoms with E-state index in [9.17, 15) is 4.79 Å². The predicted octanol–water partition coefficient (Wildman–Crippen LogP) is 4.15. The second-order valence-electron chi connectivity index (χ2n) is 6.70. The Morgan fingerprint density at radius 1 is 1.21 bits per heavy atom. The van der Waals surface area contributed by atoms with Gasteiger partial charge in [0, 0.05) is 5.92 Å². The Morgan fingerprint density at radius 2 is 1.88 bits per heavy atom. The van der Waals surface area contributed by atoms with Crippen molar-refractivity contribution in [2.24, 2.45) is 17.6 Å². The molecule has 1 aromatic rings. The number of benzene rings is 1. The predicted molar refractivity (Wildman–Crippen MR) is 103 cm³/mol. The lowest BCUT2D eigenvalue weighted by Crippen LogP contribution is -2.51. The van der Waals surface area contributed by atoms with E-state index in [1.165, 1.54) is 30.7 Å². The zero-order chi connectivity index (χ0) is 17.4. The number of nitrogens with two attached hydrogens (primary N) is 1. The number of thiocarbonyl (C=S) groups is 1. The molecule has 4 nitrogen and oxygen atoms in total. The van der Waals surface area contributed by atoms with Gasteiger partial charge in [-0.25, -0.2) is 5.01 Å². The topological polar surface area (TPSA) is 58.4 Å². The molecule has 0 spiro atoms. The van der Waals surface area contributed by atoms with E-state index in [0.717, 1.165) is 37.3 Å². The molecule has 1 aliphatic rings. The van der Waals surface area contributed by atoms with Crippen LogP contribution in [0.1, 0.15) is 58.3 Å². The Bertz CT molecular complexity index is 527. The van der Waals surface area contributed by atoms with Crippen molar-refractivity contribution in [2.45, 2.75) is 58.3 Å². The molecule has 1 aliphatic carbocycles. The number of anilines is 1. The molecule has 5 heteroatoms. The molecule has 0 bridgehead atoms. The Kier molecular flexibility index (Phi) is 7.50. The fraction of sp³-hybridized carbons (Fsp3) is 0.579. The van der Waals surface area contributed by atoms with Gasteiger partial charge in [0.25, 0.3) is 0 Å². The van der Waals surface area contributed by atoms with Crippen LogP contribution in [0.2, 0.25) is 0 Å². The quantitative estimate of drug-likeness (QED) is 0.461. The minimum absolute atomic E-state index is 0.0265. The lowest BCUT2D eigenvalue weighted by Gasteiger charge is -2.30. The van der Waals surface area contributed by atoms with Crippen LogP contribution in [0.15, 0.2) is 30.3 Å². The summed E-state index contributed by atoms with van der Waals surface area (Å²) in [6, 6.07) is 9.47. The van der Waals surface area contributed by atoms with Crippen molar-refractivity contribution in [1.82, 2.24) is 5.43 Å². The number of hydrazine groups is 1. The van der Waals surface area contributed by atoms with Gasteiger partial charge in [-0.1, -0.05) is 50.8 Å². The van der Waals surface area contributed by atoms with Crippen LogP contribution in [0.25, 0.3) is 0 Å². The Balaban J connectivity index is 1.85. The maximum absolute atomic E-state index is 12.6. The molecular formula is C19H29N3OS. The standard InChI is InChI=1S/C19H29N3OS/c1-2-3-5-8-15-11-13-16(14-12-15)18(23)21-22(19(20)24)17-9-6-4-7-10-17/h4,6-7,9-10,15-16H,2-3,5,8,11-14H2,1H3,(H2,20,24)(H,21,23). The summed E-state index contributed by atoms with van der Waals surface area (Å²) in [4.78, 5) is 12.6. The average molecular weight is 348 g/mol. The first-order valence-corrected chi connectivity index (χ1v) is 9.47. The SMILES string of the molecule is CCCCCC1CCC(C(=O)NN(C(N)=S)c2ccccc2)CC1. The average Bonchev–Trinajstić information content (AvgIpc) is 2.61. The maximum Gasteiger partial charge on any atom is 0.241 e. The number of amides is 1. The van der Waals surface area contributed by atoms with Gasteiger partial charge in [-0.05, 0) is 56.0 Å². The highest BCUT2D eigenvalue weighted by Crippen LogP contribution is 2.32. The van der Waals surface area contributed by atoms with Crippen molar-refractivity contribution in [1.29, 1.82) is 0 Å². The minimum atomic E-state index is 0.0265. The molecular weight excluding hydrogens is 318 g/mol. The van der Waals surface area contributed by atoms with Gasteiger partial charge in [-0.15, -0.1) is 0 Å². The van der Waals surface area contributed by atoms with Crippen LogP contribution in [-0.4, -0.2) is 11.0 Å². The van der Waals surface area contributed by atoms with Crippen molar-refractivity contribution in [2.75, 3.05) is 5.01 Å². The van der Waals surface area contributed by atoms with Crippen molar-refractivity contribution < 1.29 is 4.79 Å². The molecule has 2 rings (SSSR count). The van der Waals surface area contributed by atoms with Crippen molar-refractivity contribution in [3.05, 3.63) is 30.3 Å². The van der Waals surface area contributed by atoms with Gasteiger partial charge in [0.2, 0.25) is 5.91 Å². The number of hydrogen-bond donors (Lipinski definition) is 2. The first-order valence-electron chi connectivity index (χ1n) is 9.07. The first kappa shape index (κ1) is 18.7. The molecule has 1 amide bonds. The van der Waals surface area contributed by atoms with E-state index in [1.54, 1.807) is 0 Å². The fourth-order valence-corrected chi connectivity index (χ4v) is 3.57. The van der Waals surface area contributed by atoms with E-state index in [-0.39, 0.29) is 16.9 Å². The fourth-order valence-electron chi connectivity index (χ4n) is 3.42. The van der Waals surface area contributed by atoms with Gasteiger partial charge in [0.15, 0.2) is 5.11 Å². The van der Waals surface area contributed by atoms with Gasteiger partial charge in [-0.3, -0.25) is 10.2 Å². The largest absolute Gasteiger partial charge is 0.374 e. The molecule has 132 valence electrons. The van der Waals surface area contributed by atoms with Crippen LogP contribution in [0.3, 0.4) is 0 Å². The summed E-state index contributed by atoms with van der Waals surface area (Å²) in [5.74, 6) is 0.882. The molecule has 0 aromatic heterocycles. The number of rotatable bonds is 6. The zero-order valence-corrected chi connectivity index (χ0v) is 15.4. The summed E-state index contributed by atoms with van der Waals surface area (Å²) in [6.07, 6.45) is 9.45. The van der Waals surface area contributed by atoms with Crippen LogP contribution in [0.5, 0.6) is 0 Å². The Morgan fingerprint density at radius 3 is 2.46 bits per heavy atom. The highest BCUT2D eigenvalue weighted by atomic mass is 32.1. The molecule has 1 aromatic carbocycles. The third kappa shape index (κ3) is 5.48. The van der Waals surface area contributed by atoms with Gasteiger partial charge in [0.05, 0.1) is 5.69 Å². The first-order chi connectivity index (χ1) is 11.6. The molecule has 0 heterocycles.